The first-order chi connectivity index (χ1) is 7.24. The third kappa shape index (κ3) is 4.85. The van der Waals surface area contributed by atoms with Gasteiger partial charge in [0.25, 0.3) is 0 Å². The van der Waals surface area contributed by atoms with Crippen LogP contribution in [0.4, 0.5) is 0 Å². The molecule has 0 atom stereocenters. The third-order valence-electron chi connectivity index (χ3n) is 2.93. The third-order valence-corrected chi connectivity index (χ3v) is 3.19. The van der Waals surface area contributed by atoms with Gasteiger partial charge in [-0.2, -0.15) is 0 Å². The molecule has 88 valence electrons. The minimum atomic E-state index is 0.205. The average Bonchev–Trinajstić information content (AvgIpc) is 2.25. The highest BCUT2D eigenvalue weighted by atomic mass is 35.5. The van der Waals surface area contributed by atoms with Gasteiger partial charge >= 0.3 is 0 Å². The summed E-state index contributed by atoms with van der Waals surface area (Å²) in [6.45, 7) is 6.65. The number of nitrogens with zero attached hydrogens (tertiary/aromatic N) is 2. The molecule has 0 radical (unpaired) electrons. The van der Waals surface area contributed by atoms with Crippen LogP contribution in [0.15, 0.2) is 0 Å². The molecule has 4 heteroatoms. The van der Waals surface area contributed by atoms with Crippen molar-refractivity contribution < 1.29 is 4.79 Å². The summed E-state index contributed by atoms with van der Waals surface area (Å²) >= 11 is 5.62. The molecule has 0 bridgehead atoms. The Morgan fingerprint density at radius 2 is 1.80 bits per heavy atom. The Morgan fingerprint density at radius 3 is 2.33 bits per heavy atom. The van der Waals surface area contributed by atoms with Crippen molar-refractivity contribution in [2.75, 3.05) is 38.6 Å². The molecule has 1 amide bonds. The van der Waals surface area contributed by atoms with Gasteiger partial charge in [-0.05, 0) is 19.4 Å². The maximum atomic E-state index is 11.1. The van der Waals surface area contributed by atoms with Crippen molar-refractivity contribution in [3.8, 4) is 0 Å². The van der Waals surface area contributed by atoms with Crippen LogP contribution in [-0.4, -0.2) is 54.3 Å². The molecular weight excluding hydrogens is 212 g/mol. The lowest BCUT2D eigenvalue weighted by molar-refractivity contribution is -0.130. The van der Waals surface area contributed by atoms with Gasteiger partial charge in [-0.1, -0.05) is 6.42 Å². The normalized spacial score (nSPS) is 18.1. The number of halogens is 1. The van der Waals surface area contributed by atoms with Gasteiger partial charge in [-0.15, -0.1) is 11.6 Å². The zero-order valence-electron chi connectivity index (χ0n) is 9.54. The first-order valence-corrected chi connectivity index (χ1v) is 6.31. The molecule has 1 saturated heterocycles. The first-order valence-electron chi connectivity index (χ1n) is 5.78. The second-order valence-corrected chi connectivity index (χ2v) is 4.48. The number of carbonyl (C=O) groups excluding carboxylic acids is 1. The molecule has 0 aliphatic carbocycles. The van der Waals surface area contributed by atoms with Gasteiger partial charge in [0.1, 0.15) is 0 Å². The zero-order chi connectivity index (χ0) is 11.1. The van der Waals surface area contributed by atoms with Crippen LogP contribution < -0.4 is 0 Å². The van der Waals surface area contributed by atoms with E-state index in [1.165, 1.54) is 12.8 Å². The molecule has 15 heavy (non-hydrogen) atoms. The van der Waals surface area contributed by atoms with Crippen molar-refractivity contribution in [1.82, 2.24) is 9.80 Å². The van der Waals surface area contributed by atoms with Gasteiger partial charge < -0.3 is 4.90 Å². The Balaban J connectivity index is 2.07. The fourth-order valence-corrected chi connectivity index (χ4v) is 2.08. The number of piperazine rings is 1. The molecule has 1 heterocycles. The maximum absolute atomic E-state index is 11.1. The highest BCUT2D eigenvalue weighted by Crippen LogP contribution is 2.05. The summed E-state index contributed by atoms with van der Waals surface area (Å²) in [5.74, 6) is 0.981. The smallest absolute Gasteiger partial charge is 0.219 e. The number of hydrogen-bond donors (Lipinski definition) is 0. The molecule has 0 aromatic heterocycles. The van der Waals surface area contributed by atoms with Crippen molar-refractivity contribution in [2.45, 2.75) is 26.2 Å². The van der Waals surface area contributed by atoms with Crippen LogP contribution in [0.25, 0.3) is 0 Å². The van der Waals surface area contributed by atoms with Gasteiger partial charge in [0.05, 0.1) is 0 Å². The van der Waals surface area contributed by atoms with Gasteiger partial charge in [0, 0.05) is 39.0 Å². The predicted molar refractivity (Wildman–Crippen MR) is 63.3 cm³/mol. The Hall–Kier alpha value is -0.280. The fourth-order valence-electron chi connectivity index (χ4n) is 1.89. The van der Waals surface area contributed by atoms with E-state index in [0.29, 0.717) is 0 Å². The van der Waals surface area contributed by atoms with E-state index in [1.54, 1.807) is 6.92 Å². The van der Waals surface area contributed by atoms with Crippen LogP contribution in [0.1, 0.15) is 26.2 Å². The van der Waals surface area contributed by atoms with Crippen molar-refractivity contribution in [1.29, 1.82) is 0 Å². The topological polar surface area (TPSA) is 23.6 Å². The van der Waals surface area contributed by atoms with Crippen LogP contribution >= 0.6 is 11.6 Å². The van der Waals surface area contributed by atoms with Crippen molar-refractivity contribution in [3.63, 3.8) is 0 Å². The van der Waals surface area contributed by atoms with Crippen LogP contribution in [0, 0.1) is 0 Å². The Labute approximate surface area is 97.4 Å². The molecule has 0 aromatic carbocycles. The molecule has 3 nitrogen and oxygen atoms in total. The Kier molecular flexibility index (Phi) is 6.03. The summed E-state index contributed by atoms with van der Waals surface area (Å²) < 4.78 is 0. The molecule has 0 spiro atoms. The first kappa shape index (κ1) is 12.8. The number of unbranched alkanes of at least 4 members (excludes halogenated alkanes) is 2. The number of hydrogen-bond acceptors (Lipinski definition) is 2. The Morgan fingerprint density at radius 1 is 1.13 bits per heavy atom. The molecule has 0 N–H and O–H groups in total. The largest absolute Gasteiger partial charge is 0.340 e. The van der Waals surface area contributed by atoms with Crippen LogP contribution in [0.3, 0.4) is 0 Å². The van der Waals surface area contributed by atoms with E-state index in [9.17, 15) is 4.79 Å². The predicted octanol–water partition coefficient (Wildman–Crippen LogP) is 1.56. The van der Waals surface area contributed by atoms with E-state index in [-0.39, 0.29) is 5.91 Å². The summed E-state index contributed by atoms with van der Waals surface area (Å²) in [5, 5.41) is 0. The molecule has 1 rings (SSSR count). The summed E-state index contributed by atoms with van der Waals surface area (Å²) in [4.78, 5) is 15.5. The lowest BCUT2D eigenvalue weighted by Gasteiger charge is -2.34. The highest BCUT2D eigenvalue weighted by molar-refractivity contribution is 6.17. The van der Waals surface area contributed by atoms with Crippen molar-refractivity contribution in [2.24, 2.45) is 0 Å². The minimum Gasteiger partial charge on any atom is -0.340 e. The van der Waals surface area contributed by atoms with Crippen LogP contribution in [0.2, 0.25) is 0 Å². The number of carbonyl (C=O) groups is 1. The average molecular weight is 233 g/mol. The van der Waals surface area contributed by atoms with Crippen molar-refractivity contribution in [3.05, 3.63) is 0 Å². The van der Waals surface area contributed by atoms with E-state index in [2.05, 4.69) is 4.90 Å². The summed E-state index contributed by atoms with van der Waals surface area (Å²) in [5.41, 5.74) is 0. The van der Waals surface area contributed by atoms with Gasteiger partial charge in [0.15, 0.2) is 0 Å². The zero-order valence-corrected chi connectivity index (χ0v) is 10.3. The Bertz CT molecular complexity index is 191. The molecule has 1 aliphatic heterocycles. The van der Waals surface area contributed by atoms with Gasteiger partial charge in [-0.3, -0.25) is 9.69 Å². The van der Waals surface area contributed by atoms with Crippen molar-refractivity contribution >= 4 is 17.5 Å². The molecule has 1 aliphatic rings. The number of amides is 1. The molecule has 1 fully saturated rings. The highest BCUT2D eigenvalue weighted by Gasteiger charge is 2.17. The standard InChI is InChI=1S/C11H21ClN2O/c1-11(15)14-9-7-13(8-10-14)6-4-2-3-5-12/h2-10H2,1H3. The molecular formula is C11H21ClN2O. The van der Waals surface area contributed by atoms with E-state index in [0.717, 1.165) is 45.0 Å². The fraction of sp³-hybridized carbons (Fsp3) is 0.909. The lowest BCUT2D eigenvalue weighted by atomic mass is 10.2. The monoisotopic (exact) mass is 232 g/mol. The quantitative estimate of drug-likeness (QED) is 0.531. The second kappa shape index (κ2) is 7.07. The summed E-state index contributed by atoms with van der Waals surface area (Å²) in [7, 11) is 0. The SMILES string of the molecule is CC(=O)N1CCN(CCCCCCl)CC1. The number of rotatable bonds is 5. The summed E-state index contributed by atoms with van der Waals surface area (Å²) in [6.07, 6.45) is 3.57. The second-order valence-electron chi connectivity index (χ2n) is 4.10. The molecule has 0 aromatic rings. The molecule has 0 unspecified atom stereocenters. The van der Waals surface area contributed by atoms with Crippen LogP contribution in [0.5, 0.6) is 0 Å². The lowest BCUT2D eigenvalue weighted by Crippen LogP contribution is -2.48. The number of alkyl halides is 1. The minimum absolute atomic E-state index is 0.205. The van der Waals surface area contributed by atoms with E-state index in [4.69, 9.17) is 11.6 Å². The van der Waals surface area contributed by atoms with E-state index < -0.39 is 0 Å². The molecule has 0 saturated carbocycles. The van der Waals surface area contributed by atoms with Crippen LogP contribution in [-0.2, 0) is 4.79 Å². The summed E-state index contributed by atoms with van der Waals surface area (Å²) in [6, 6.07) is 0. The van der Waals surface area contributed by atoms with Gasteiger partial charge in [-0.25, -0.2) is 0 Å². The van der Waals surface area contributed by atoms with E-state index in [1.807, 2.05) is 4.90 Å². The van der Waals surface area contributed by atoms with Gasteiger partial charge in [0.2, 0.25) is 5.91 Å². The van der Waals surface area contributed by atoms with E-state index >= 15 is 0 Å². The maximum Gasteiger partial charge on any atom is 0.219 e.